The van der Waals surface area contributed by atoms with E-state index in [0.717, 1.165) is 30.7 Å². The largest absolute Gasteiger partial charge is 0.388 e. The summed E-state index contributed by atoms with van der Waals surface area (Å²) >= 11 is 0. The van der Waals surface area contributed by atoms with Crippen LogP contribution in [0.5, 0.6) is 0 Å². The van der Waals surface area contributed by atoms with Crippen LogP contribution < -0.4 is 5.32 Å². The van der Waals surface area contributed by atoms with Gasteiger partial charge >= 0.3 is 0 Å². The monoisotopic (exact) mass is 235 g/mol. The molecule has 0 radical (unpaired) electrons. The minimum atomic E-state index is -0.337. The second-order valence-corrected chi connectivity index (χ2v) is 7.06. The van der Waals surface area contributed by atoms with Crippen LogP contribution in [0.4, 0.5) is 0 Å². The number of rotatable bonds is 1. The van der Waals surface area contributed by atoms with E-state index in [9.17, 15) is 5.11 Å². The highest BCUT2D eigenvalue weighted by Crippen LogP contribution is 2.63. The fourth-order valence-electron chi connectivity index (χ4n) is 5.84. The molecule has 4 fully saturated rings. The fourth-order valence-corrected chi connectivity index (χ4v) is 5.84. The first kappa shape index (κ1) is 10.8. The molecule has 0 spiro atoms. The average molecular weight is 235 g/mol. The molecule has 4 aliphatic rings. The Hall–Kier alpha value is -0.0800. The van der Waals surface area contributed by atoms with Crippen molar-refractivity contribution in [3.8, 4) is 0 Å². The Labute approximate surface area is 104 Å². The quantitative estimate of drug-likeness (QED) is 0.731. The van der Waals surface area contributed by atoms with E-state index in [2.05, 4.69) is 5.32 Å². The Bertz CT molecular complexity index is 312. The van der Waals surface area contributed by atoms with E-state index in [0.29, 0.717) is 12.0 Å². The molecule has 3 aliphatic carbocycles. The molecule has 3 saturated carbocycles. The molecule has 0 amide bonds. The van der Waals surface area contributed by atoms with Gasteiger partial charge in [-0.1, -0.05) is 12.8 Å². The molecule has 17 heavy (non-hydrogen) atoms. The van der Waals surface area contributed by atoms with Gasteiger partial charge in [0.1, 0.15) is 0 Å². The van der Waals surface area contributed by atoms with Crippen molar-refractivity contribution >= 4 is 0 Å². The van der Waals surface area contributed by atoms with Gasteiger partial charge in [-0.05, 0) is 68.7 Å². The maximum atomic E-state index is 11.2. The van der Waals surface area contributed by atoms with E-state index in [1.165, 1.54) is 44.9 Å². The van der Waals surface area contributed by atoms with Gasteiger partial charge in [-0.3, -0.25) is 0 Å². The normalized spacial score (nSPS) is 57.4. The van der Waals surface area contributed by atoms with Gasteiger partial charge in [-0.15, -0.1) is 0 Å². The molecule has 0 aromatic heterocycles. The summed E-state index contributed by atoms with van der Waals surface area (Å²) in [4.78, 5) is 0. The number of fused-ring (bicyclic) bond motifs is 5. The standard InChI is InChI=1S/C15H25NO/c17-15(14-6-1-2-7-16-14)9-10-8-13(15)12-5-3-4-11(10)12/h10-14,16-17H,1-9H2. The van der Waals surface area contributed by atoms with E-state index in [4.69, 9.17) is 0 Å². The minimum Gasteiger partial charge on any atom is -0.388 e. The number of aliphatic hydroxyl groups is 1. The Morgan fingerprint density at radius 3 is 2.71 bits per heavy atom. The van der Waals surface area contributed by atoms with Crippen molar-refractivity contribution in [3.05, 3.63) is 0 Å². The lowest BCUT2D eigenvalue weighted by Crippen LogP contribution is -2.57. The van der Waals surface area contributed by atoms with Crippen molar-refractivity contribution in [1.82, 2.24) is 5.32 Å². The molecule has 96 valence electrons. The zero-order chi connectivity index (χ0) is 11.5. The maximum absolute atomic E-state index is 11.2. The topological polar surface area (TPSA) is 32.3 Å². The van der Waals surface area contributed by atoms with Crippen LogP contribution in [-0.4, -0.2) is 23.3 Å². The van der Waals surface area contributed by atoms with Gasteiger partial charge in [0, 0.05) is 6.04 Å². The molecule has 6 atom stereocenters. The Kier molecular flexibility index (Phi) is 2.36. The number of hydrogen-bond acceptors (Lipinski definition) is 2. The molecule has 4 rings (SSSR count). The summed E-state index contributed by atoms with van der Waals surface area (Å²) in [6.45, 7) is 1.12. The van der Waals surface area contributed by atoms with Crippen molar-refractivity contribution < 1.29 is 5.11 Å². The summed E-state index contributed by atoms with van der Waals surface area (Å²) < 4.78 is 0. The molecule has 1 saturated heterocycles. The first-order chi connectivity index (χ1) is 8.29. The van der Waals surface area contributed by atoms with Crippen LogP contribution in [0, 0.1) is 23.7 Å². The van der Waals surface area contributed by atoms with E-state index < -0.39 is 0 Å². The molecule has 0 aromatic carbocycles. The van der Waals surface area contributed by atoms with E-state index in [-0.39, 0.29) is 5.60 Å². The van der Waals surface area contributed by atoms with Gasteiger partial charge in [-0.25, -0.2) is 0 Å². The minimum absolute atomic E-state index is 0.337. The zero-order valence-electron chi connectivity index (χ0n) is 10.7. The van der Waals surface area contributed by atoms with E-state index in [1.807, 2.05) is 0 Å². The van der Waals surface area contributed by atoms with Gasteiger partial charge in [0.25, 0.3) is 0 Å². The third kappa shape index (κ3) is 1.40. The molecular formula is C15H25NO. The van der Waals surface area contributed by atoms with Crippen LogP contribution in [0.2, 0.25) is 0 Å². The summed E-state index contributed by atoms with van der Waals surface area (Å²) in [5, 5.41) is 14.8. The smallest absolute Gasteiger partial charge is 0.0833 e. The summed E-state index contributed by atoms with van der Waals surface area (Å²) in [6, 6.07) is 0.410. The Morgan fingerprint density at radius 2 is 1.88 bits per heavy atom. The first-order valence-corrected chi connectivity index (χ1v) is 7.75. The van der Waals surface area contributed by atoms with Gasteiger partial charge < -0.3 is 10.4 Å². The highest BCUT2D eigenvalue weighted by atomic mass is 16.3. The number of nitrogens with one attached hydrogen (secondary N) is 1. The Balaban J connectivity index is 1.59. The summed E-state index contributed by atoms with van der Waals surface area (Å²) in [7, 11) is 0. The van der Waals surface area contributed by atoms with Crippen molar-refractivity contribution in [1.29, 1.82) is 0 Å². The number of piperidine rings is 1. The lowest BCUT2D eigenvalue weighted by Gasteiger charge is -2.45. The van der Waals surface area contributed by atoms with Crippen molar-refractivity contribution in [2.24, 2.45) is 23.7 Å². The van der Waals surface area contributed by atoms with Crippen LogP contribution in [-0.2, 0) is 0 Å². The maximum Gasteiger partial charge on any atom is 0.0833 e. The number of hydrogen-bond donors (Lipinski definition) is 2. The average Bonchev–Trinajstić information content (AvgIpc) is 3.00. The van der Waals surface area contributed by atoms with Crippen molar-refractivity contribution in [2.45, 2.75) is 63.0 Å². The summed E-state index contributed by atoms with van der Waals surface area (Å²) in [5.41, 5.74) is -0.337. The van der Waals surface area contributed by atoms with Gasteiger partial charge in [0.2, 0.25) is 0 Å². The molecule has 2 nitrogen and oxygen atoms in total. The zero-order valence-corrected chi connectivity index (χ0v) is 10.7. The van der Waals surface area contributed by atoms with E-state index >= 15 is 0 Å². The van der Waals surface area contributed by atoms with E-state index in [1.54, 1.807) is 0 Å². The van der Waals surface area contributed by atoms with Crippen LogP contribution in [0.3, 0.4) is 0 Å². The van der Waals surface area contributed by atoms with Gasteiger partial charge in [0.15, 0.2) is 0 Å². The SMILES string of the molecule is OC1(C2CCCCN2)CC2CC1C1CCCC21. The lowest BCUT2D eigenvalue weighted by atomic mass is 9.68. The fraction of sp³-hybridized carbons (Fsp3) is 1.00. The molecule has 0 aromatic rings. The lowest BCUT2D eigenvalue weighted by molar-refractivity contribution is -0.0792. The van der Waals surface area contributed by atoms with Crippen molar-refractivity contribution in [3.63, 3.8) is 0 Å². The molecule has 2 bridgehead atoms. The molecule has 6 unspecified atom stereocenters. The highest BCUT2D eigenvalue weighted by molar-refractivity contribution is 5.14. The van der Waals surface area contributed by atoms with Crippen LogP contribution in [0.25, 0.3) is 0 Å². The first-order valence-electron chi connectivity index (χ1n) is 7.75. The third-order valence-corrected chi connectivity index (χ3v) is 6.45. The second-order valence-electron chi connectivity index (χ2n) is 7.06. The van der Waals surface area contributed by atoms with Crippen LogP contribution >= 0.6 is 0 Å². The molecule has 1 aliphatic heterocycles. The predicted octanol–water partition coefficient (Wildman–Crippen LogP) is 2.32. The third-order valence-electron chi connectivity index (χ3n) is 6.45. The van der Waals surface area contributed by atoms with Gasteiger partial charge in [0.05, 0.1) is 5.60 Å². The molecule has 2 N–H and O–H groups in total. The predicted molar refractivity (Wildman–Crippen MR) is 67.6 cm³/mol. The highest BCUT2D eigenvalue weighted by Gasteiger charge is 2.62. The van der Waals surface area contributed by atoms with Gasteiger partial charge in [-0.2, -0.15) is 0 Å². The second kappa shape index (κ2) is 3.71. The van der Waals surface area contributed by atoms with Crippen LogP contribution in [0.1, 0.15) is 51.4 Å². The summed E-state index contributed by atoms with van der Waals surface area (Å²) in [6.07, 6.45) is 10.5. The van der Waals surface area contributed by atoms with Crippen LogP contribution in [0.15, 0.2) is 0 Å². The molecule has 2 heteroatoms. The summed E-state index contributed by atoms with van der Waals surface area (Å²) in [5.74, 6) is 3.36. The Morgan fingerprint density at radius 1 is 1.00 bits per heavy atom. The van der Waals surface area contributed by atoms with Crippen molar-refractivity contribution in [2.75, 3.05) is 6.54 Å². The molecular weight excluding hydrogens is 210 g/mol. The molecule has 1 heterocycles.